The Morgan fingerprint density at radius 1 is 1.05 bits per heavy atom. The van der Waals surface area contributed by atoms with Crippen molar-refractivity contribution in [3.8, 4) is 0 Å². The summed E-state index contributed by atoms with van der Waals surface area (Å²) in [5.74, 6) is 0.662. The molecule has 2 aliphatic rings. The van der Waals surface area contributed by atoms with Gasteiger partial charge in [-0.3, -0.25) is 0 Å². The first kappa shape index (κ1) is 13.5. The van der Waals surface area contributed by atoms with Gasteiger partial charge in [0.15, 0.2) is 0 Å². The summed E-state index contributed by atoms with van der Waals surface area (Å²) >= 11 is 12.2. The zero-order valence-corrected chi connectivity index (χ0v) is 13.1. The fourth-order valence-electron chi connectivity index (χ4n) is 3.60. The highest BCUT2D eigenvalue weighted by molar-refractivity contribution is 6.30. The monoisotopic (exact) mass is 294 g/mol. The molecule has 3 rings (SSSR count). The zero-order valence-electron chi connectivity index (χ0n) is 11.6. The van der Waals surface area contributed by atoms with Gasteiger partial charge in [-0.25, -0.2) is 0 Å². The van der Waals surface area contributed by atoms with E-state index in [1.165, 1.54) is 36.0 Å². The minimum Gasteiger partial charge on any atom is -0.122 e. The van der Waals surface area contributed by atoms with E-state index < -0.39 is 0 Å². The van der Waals surface area contributed by atoms with E-state index in [4.69, 9.17) is 23.2 Å². The summed E-state index contributed by atoms with van der Waals surface area (Å²) in [6.07, 6.45) is 5.06. The molecule has 0 N–H and O–H groups in total. The first-order chi connectivity index (χ1) is 8.97. The van der Waals surface area contributed by atoms with Crippen LogP contribution in [0.15, 0.2) is 29.8 Å². The Morgan fingerprint density at radius 3 is 2.21 bits per heavy atom. The molecule has 19 heavy (non-hydrogen) atoms. The number of hydrogen-bond donors (Lipinski definition) is 0. The van der Waals surface area contributed by atoms with Crippen molar-refractivity contribution in [1.82, 2.24) is 0 Å². The van der Waals surface area contributed by atoms with Crippen molar-refractivity contribution >= 4 is 28.8 Å². The van der Waals surface area contributed by atoms with Crippen LogP contribution in [0.25, 0.3) is 5.57 Å². The van der Waals surface area contributed by atoms with E-state index in [9.17, 15) is 0 Å². The maximum absolute atomic E-state index is 6.22. The number of alkyl halides is 1. The molecule has 0 amide bonds. The molecule has 0 nitrogen and oxygen atoms in total. The quantitative estimate of drug-likeness (QED) is 0.593. The Kier molecular flexibility index (Phi) is 3.22. The van der Waals surface area contributed by atoms with Gasteiger partial charge in [0, 0.05) is 10.9 Å². The molecule has 1 fully saturated rings. The predicted molar refractivity (Wildman–Crippen MR) is 83.8 cm³/mol. The minimum absolute atomic E-state index is 0.386. The second-order valence-corrected chi connectivity index (χ2v) is 7.44. The predicted octanol–water partition coefficient (Wildman–Crippen LogP) is 5.93. The molecule has 2 aliphatic carbocycles. The van der Waals surface area contributed by atoms with E-state index in [0.29, 0.717) is 16.7 Å². The Labute approximate surface area is 125 Å². The lowest BCUT2D eigenvalue weighted by atomic mass is 9.63. The van der Waals surface area contributed by atoms with Crippen LogP contribution in [0.3, 0.4) is 0 Å². The third-order valence-corrected chi connectivity index (χ3v) is 5.82. The number of benzene rings is 1. The molecule has 0 bridgehead atoms. The van der Waals surface area contributed by atoms with Crippen molar-refractivity contribution in [3.05, 3.63) is 40.4 Å². The van der Waals surface area contributed by atoms with Crippen LogP contribution in [0.1, 0.15) is 45.1 Å². The van der Waals surface area contributed by atoms with Crippen molar-refractivity contribution in [2.75, 3.05) is 5.88 Å². The van der Waals surface area contributed by atoms with Crippen LogP contribution in [-0.2, 0) is 0 Å². The molecule has 0 aliphatic heterocycles. The summed E-state index contributed by atoms with van der Waals surface area (Å²) in [5.41, 5.74) is 5.11. The fraction of sp³-hybridized carbons (Fsp3) is 0.529. The van der Waals surface area contributed by atoms with Gasteiger partial charge in [-0.1, -0.05) is 43.2 Å². The van der Waals surface area contributed by atoms with Crippen LogP contribution in [0.5, 0.6) is 0 Å². The Bertz CT molecular complexity index is 519. The summed E-state index contributed by atoms with van der Waals surface area (Å²) in [4.78, 5) is 0. The van der Waals surface area contributed by atoms with Crippen LogP contribution >= 0.6 is 23.2 Å². The van der Waals surface area contributed by atoms with E-state index in [-0.39, 0.29) is 0 Å². The summed E-state index contributed by atoms with van der Waals surface area (Å²) in [6, 6.07) is 8.21. The SMILES string of the molecule is CC1(C)CC(c2ccc(Cl)cc2)=C(CCl)CC12CC2. The summed E-state index contributed by atoms with van der Waals surface area (Å²) in [5, 5.41) is 0.797. The van der Waals surface area contributed by atoms with Crippen molar-refractivity contribution in [2.24, 2.45) is 10.8 Å². The van der Waals surface area contributed by atoms with Gasteiger partial charge in [0.1, 0.15) is 0 Å². The second-order valence-electron chi connectivity index (χ2n) is 6.74. The lowest BCUT2D eigenvalue weighted by molar-refractivity contribution is 0.180. The van der Waals surface area contributed by atoms with Crippen LogP contribution < -0.4 is 0 Å². The first-order valence-corrected chi connectivity index (χ1v) is 7.91. The number of hydrogen-bond acceptors (Lipinski definition) is 0. The summed E-state index contributed by atoms with van der Waals surface area (Å²) in [6.45, 7) is 4.84. The Hall–Kier alpha value is -0.460. The second kappa shape index (κ2) is 4.53. The Morgan fingerprint density at radius 2 is 1.68 bits per heavy atom. The zero-order chi connectivity index (χ0) is 13.7. The highest BCUT2D eigenvalue weighted by Gasteiger charge is 2.56. The van der Waals surface area contributed by atoms with E-state index in [0.717, 1.165) is 11.4 Å². The molecule has 0 heterocycles. The van der Waals surface area contributed by atoms with Crippen molar-refractivity contribution in [2.45, 2.75) is 39.5 Å². The molecule has 1 aromatic rings. The molecule has 102 valence electrons. The summed E-state index contributed by atoms with van der Waals surface area (Å²) < 4.78 is 0. The number of halogens is 2. The minimum atomic E-state index is 0.386. The van der Waals surface area contributed by atoms with Gasteiger partial charge in [0.05, 0.1) is 0 Å². The van der Waals surface area contributed by atoms with Crippen LogP contribution in [0.4, 0.5) is 0 Å². The molecule has 1 spiro atoms. The average molecular weight is 295 g/mol. The van der Waals surface area contributed by atoms with E-state index >= 15 is 0 Å². The van der Waals surface area contributed by atoms with Gasteiger partial charge >= 0.3 is 0 Å². The van der Waals surface area contributed by atoms with E-state index in [1.807, 2.05) is 12.1 Å². The van der Waals surface area contributed by atoms with Gasteiger partial charge < -0.3 is 0 Å². The largest absolute Gasteiger partial charge is 0.122 e. The highest BCUT2D eigenvalue weighted by atomic mass is 35.5. The lowest BCUT2D eigenvalue weighted by Crippen LogP contribution is -2.31. The van der Waals surface area contributed by atoms with Gasteiger partial charge in [0.25, 0.3) is 0 Å². The third-order valence-electron chi connectivity index (χ3n) is 5.24. The molecular weight excluding hydrogens is 275 g/mol. The molecule has 0 saturated heterocycles. The fourth-order valence-corrected chi connectivity index (χ4v) is 3.98. The normalized spacial score (nSPS) is 23.8. The molecular formula is C17H20Cl2. The Balaban J connectivity index is 2.02. The summed E-state index contributed by atoms with van der Waals surface area (Å²) in [7, 11) is 0. The first-order valence-electron chi connectivity index (χ1n) is 7.00. The molecule has 1 aromatic carbocycles. The van der Waals surface area contributed by atoms with Crippen LogP contribution in [0.2, 0.25) is 5.02 Å². The van der Waals surface area contributed by atoms with Gasteiger partial charge in [0.2, 0.25) is 0 Å². The van der Waals surface area contributed by atoms with Crippen LogP contribution in [-0.4, -0.2) is 5.88 Å². The maximum Gasteiger partial charge on any atom is 0.0439 e. The van der Waals surface area contributed by atoms with Gasteiger partial charge in [-0.15, -0.1) is 11.6 Å². The van der Waals surface area contributed by atoms with Gasteiger partial charge in [-0.05, 0) is 59.8 Å². The topological polar surface area (TPSA) is 0 Å². The maximum atomic E-state index is 6.22. The molecule has 1 saturated carbocycles. The molecule has 2 heteroatoms. The lowest BCUT2D eigenvalue weighted by Gasteiger charge is -2.42. The van der Waals surface area contributed by atoms with Crippen molar-refractivity contribution in [3.63, 3.8) is 0 Å². The smallest absolute Gasteiger partial charge is 0.0439 e. The molecule has 0 unspecified atom stereocenters. The number of allylic oxidation sites excluding steroid dienone is 2. The average Bonchev–Trinajstić information content (AvgIpc) is 3.15. The van der Waals surface area contributed by atoms with Crippen LogP contribution in [0, 0.1) is 10.8 Å². The molecule has 0 radical (unpaired) electrons. The standard InChI is InChI=1S/C17H20Cl2/c1-16(2)10-15(12-3-5-14(19)6-4-12)13(11-18)9-17(16)7-8-17/h3-6H,7-11H2,1-2H3. The van der Waals surface area contributed by atoms with Crippen molar-refractivity contribution in [1.29, 1.82) is 0 Å². The van der Waals surface area contributed by atoms with E-state index in [2.05, 4.69) is 26.0 Å². The third kappa shape index (κ3) is 2.23. The number of rotatable bonds is 2. The highest BCUT2D eigenvalue weighted by Crippen LogP contribution is 2.67. The van der Waals surface area contributed by atoms with E-state index in [1.54, 1.807) is 0 Å². The van der Waals surface area contributed by atoms with Gasteiger partial charge in [-0.2, -0.15) is 0 Å². The molecule has 0 aromatic heterocycles. The van der Waals surface area contributed by atoms with Crippen molar-refractivity contribution < 1.29 is 0 Å². The molecule has 0 atom stereocenters.